The van der Waals surface area contributed by atoms with Gasteiger partial charge in [0, 0.05) is 22.0 Å². The van der Waals surface area contributed by atoms with Crippen molar-refractivity contribution in [2.75, 3.05) is 0 Å². The molecule has 18 heavy (non-hydrogen) atoms. The van der Waals surface area contributed by atoms with Crippen molar-refractivity contribution in [3.8, 4) is 0 Å². The largest absolute Gasteiger partial charge is 0.481 e. The second kappa shape index (κ2) is 3.63. The molecule has 1 aliphatic rings. The van der Waals surface area contributed by atoms with Crippen LogP contribution >= 0.6 is 0 Å². The van der Waals surface area contributed by atoms with E-state index in [4.69, 9.17) is 4.74 Å². The minimum atomic E-state index is -0.326. The van der Waals surface area contributed by atoms with Crippen LogP contribution in [0.3, 0.4) is 0 Å². The first-order chi connectivity index (χ1) is 8.11. The fourth-order valence-electron chi connectivity index (χ4n) is 3.57. The van der Waals surface area contributed by atoms with E-state index in [0.29, 0.717) is 0 Å². The van der Waals surface area contributed by atoms with Gasteiger partial charge in [0.25, 0.3) is 0 Å². The van der Waals surface area contributed by atoms with Crippen LogP contribution in [-0.4, -0.2) is 0 Å². The molecule has 1 aliphatic heterocycles. The normalized spacial score (nSPS) is 18.4. The number of rotatable bonds is 0. The Bertz CT molecular complexity index is 469. The molecule has 0 atom stereocenters. The third-order valence-corrected chi connectivity index (χ3v) is 4.00. The molecule has 0 saturated heterocycles. The number of benzene rings is 1. The monoisotopic (exact) mass is 244 g/mol. The Hall–Kier alpha value is -1.24. The summed E-state index contributed by atoms with van der Waals surface area (Å²) in [7, 11) is 0. The summed E-state index contributed by atoms with van der Waals surface area (Å²) < 4.78 is 6.35. The van der Waals surface area contributed by atoms with Gasteiger partial charge in [-0.3, -0.25) is 0 Å². The zero-order valence-corrected chi connectivity index (χ0v) is 12.4. The molecule has 0 unspecified atom stereocenters. The van der Waals surface area contributed by atoms with E-state index in [1.165, 1.54) is 5.56 Å². The van der Waals surface area contributed by atoms with E-state index in [1.807, 2.05) is 0 Å². The molecule has 1 aromatic rings. The average Bonchev–Trinajstić information content (AvgIpc) is 2.52. The summed E-state index contributed by atoms with van der Waals surface area (Å²) in [5, 5.41) is 0. The second-order valence-electron chi connectivity index (χ2n) is 7.25. The summed E-state index contributed by atoms with van der Waals surface area (Å²) in [6, 6.07) is 8.43. The lowest BCUT2D eigenvalue weighted by molar-refractivity contribution is -0.131. The van der Waals surface area contributed by atoms with Gasteiger partial charge in [-0.05, 0) is 0 Å². The molecule has 1 aromatic carbocycles. The molecule has 1 heteroatoms. The zero-order chi connectivity index (χ0) is 13.8. The Morgan fingerprint density at radius 1 is 0.944 bits per heavy atom. The van der Waals surface area contributed by atoms with Gasteiger partial charge < -0.3 is 4.74 Å². The number of hydrogen-bond acceptors (Lipinski definition) is 1. The van der Waals surface area contributed by atoms with Crippen LogP contribution in [0.5, 0.6) is 0 Å². The highest BCUT2D eigenvalue weighted by molar-refractivity contribution is 5.68. The first-order valence-corrected chi connectivity index (χ1v) is 6.59. The summed E-state index contributed by atoms with van der Waals surface area (Å²) in [5.74, 6) is 0.801. The number of fused-ring (bicyclic) bond motifs is 1. The fourth-order valence-corrected chi connectivity index (χ4v) is 3.57. The molecular weight excluding hydrogens is 220 g/mol. The number of hydrogen-bond donors (Lipinski definition) is 0. The lowest BCUT2D eigenvalue weighted by Crippen LogP contribution is -2.50. The first-order valence-electron chi connectivity index (χ1n) is 6.59. The maximum Gasteiger partial charge on any atom is 0.144 e. The smallest absolute Gasteiger partial charge is 0.144 e. The van der Waals surface area contributed by atoms with Gasteiger partial charge >= 0.3 is 0 Å². The predicted octanol–water partition coefficient (Wildman–Crippen LogP) is 4.98. The Balaban J connectivity index is 2.78. The average molecular weight is 244 g/mol. The summed E-state index contributed by atoms with van der Waals surface area (Å²) in [6.07, 6.45) is 0. The van der Waals surface area contributed by atoms with E-state index in [2.05, 4.69) is 72.4 Å². The SMILES string of the molecule is C=C1OC(C(C)(C)C)(C(C)(C)C)c2ccccc21. The van der Waals surface area contributed by atoms with E-state index in [1.54, 1.807) is 0 Å². The van der Waals surface area contributed by atoms with Gasteiger partial charge in [-0.15, -0.1) is 0 Å². The van der Waals surface area contributed by atoms with Gasteiger partial charge in [0.2, 0.25) is 0 Å². The maximum absolute atomic E-state index is 6.35. The highest BCUT2D eigenvalue weighted by atomic mass is 16.5. The van der Waals surface area contributed by atoms with Gasteiger partial charge in [0.1, 0.15) is 11.4 Å². The molecule has 98 valence electrons. The van der Waals surface area contributed by atoms with E-state index >= 15 is 0 Å². The predicted molar refractivity (Wildman–Crippen MR) is 77.1 cm³/mol. The van der Waals surface area contributed by atoms with Crippen LogP contribution in [-0.2, 0) is 10.3 Å². The Morgan fingerprint density at radius 3 is 1.94 bits per heavy atom. The lowest BCUT2D eigenvalue weighted by atomic mass is 9.59. The quantitative estimate of drug-likeness (QED) is 0.625. The molecule has 0 N–H and O–H groups in total. The van der Waals surface area contributed by atoms with Crippen LogP contribution in [0.15, 0.2) is 30.8 Å². The van der Waals surface area contributed by atoms with Crippen LogP contribution < -0.4 is 0 Å². The highest BCUT2D eigenvalue weighted by Gasteiger charge is 2.58. The van der Waals surface area contributed by atoms with Gasteiger partial charge in [-0.25, -0.2) is 0 Å². The molecule has 0 aliphatic carbocycles. The minimum Gasteiger partial charge on any atom is -0.481 e. The van der Waals surface area contributed by atoms with Crippen molar-refractivity contribution >= 4 is 5.76 Å². The van der Waals surface area contributed by atoms with E-state index in [0.717, 1.165) is 11.3 Å². The van der Waals surface area contributed by atoms with Crippen molar-refractivity contribution in [3.63, 3.8) is 0 Å². The molecule has 0 amide bonds. The van der Waals surface area contributed by atoms with Crippen molar-refractivity contribution in [2.24, 2.45) is 10.8 Å². The number of ether oxygens (including phenoxy) is 1. The third kappa shape index (κ3) is 1.53. The standard InChI is InChI=1S/C17H24O/c1-12-13-10-8-9-11-14(13)17(18-12,15(2,3)4)16(5,6)7/h8-11H,1H2,2-7H3. The van der Waals surface area contributed by atoms with Crippen LogP contribution in [0.4, 0.5) is 0 Å². The van der Waals surface area contributed by atoms with Crippen molar-refractivity contribution in [3.05, 3.63) is 42.0 Å². The molecular formula is C17H24O. The fraction of sp³-hybridized carbons (Fsp3) is 0.529. The van der Waals surface area contributed by atoms with Gasteiger partial charge in [0.15, 0.2) is 0 Å². The summed E-state index contributed by atoms with van der Waals surface area (Å²) in [5.41, 5.74) is 2.10. The Labute approximate surface area is 111 Å². The molecule has 0 radical (unpaired) electrons. The third-order valence-electron chi connectivity index (χ3n) is 4.00. The summed E-state index contributed by atoms with van der Waals surface area (Å²) >= 11 is 0. The minimum absolute atomic E-state index is 0.000787. The molecule has 1 heterocycles. The molecule has 0 saturated carbocycles. The van der Waals surface area contributed by atoms with Gasteiger partial charge in [-0.1, -0.05) is 72.4 Å². The lowest BCUT2D eigenvalue weighted by Gasteiger charge is -2.50. The van der Waals surface area contributed by atoms with E-state index < -0.39 is 0 Å². The van der Waals surface area contributed by atoms with Crippen molar-refractivity contribution in [1.29, 1.82) is 0 Å². The molecule has 0 aromatic heterocycles. The molecule has 2 rings (SSSR count). The molecule has 1 nitrogen and oxygen atoms in total. The Kier molecular flexibility index (Phi) is 2.66. The molecule has 0 spiro atoms. The van der Waals surface area contributed by atoms with Crippen molar-refractivity contribution in [1.82, 2.24) is 0 Å². The van der Waals surface area contributed by atoms with Crippen molar-refractivity contribution in [2.45, 2.75) is 47.1 Å². The molecule has 0 fully saturated rings. The zero-order valence-electron chi connectivity index (χ0n) is 12.4. The first kappa shape index (κ1) is 13.2. The summed E-state index contributed by atoms with van der Waals surface area (Å²) in [6.45, 7) is 17.6. The van der Waals surface area contributed by atoms with Gasteiger partial charge in [0.05, 0.1) is 0 Å². The summed E-state index contributed by atoms with van der Waals surface area (Å²) in [4.78, 5) is 0. The van der Waals surface area contributed by atoms with Crippen LogP contribution in [0.25, 0.3) is 5.76 Å². The van der Waals surface area contributed by atoms with Crippen molar-refractivity contribution < 1.29 is 4.74 Å². The maximum atomic E-state index is 6.35. The van der Waals surface area contributed by atoms with Gasteiger partial charge in [-0.2, -0.15) is 0 Å². The van der Waals surface area contributed by atoms with E-state index in [-0.39, 0.29) is 16.4 Å². The highest BCUT2D eigenvalue weighted by Crippen LogP contribution is 2.60. The van der Waals surface area contributed by atoms with Crippen LogP contribution in [0.2, 0.25) is 0 Å². The Morgan fingerprint density at radius 2 is 1.44 bits per heavy atom. The van der Waals surface area contributed by atoms with E-state index in [9.17, 15) is 0 Å². The molecule has 0 bridgehead atoms. The van der Waals surface area contributed by atoms with Crippen LogP contribution in [0.1, 0.15) is 52.7 Å². The second-order valence-corrected chi connectivity index (χ2v) is 7.25. The topological polar surface area (TPSA) is 9.23 Å². The van der Waals surface area contributed by atoms with Crippen LogP contribution in [0, 0.1) is 10.8 Å².